The standard InChI is InChI=1S/C32H26N4O2/c37-29(33-35-31-25-15-5-1-11-21(25)22-12-2-6-16-26(22)31)19-9-10-20-30(38)34-36-32-27-17-7-3-13-23(27)24-14-4-8-18-28(24)32/h1-8,11-18H,9-10,19-20H2,(H,33,37)(H,34,38). The number of nitrogens with one attached hydrogen (secondary N) is 2. The summed E-state index contributed by atoms with van der Waals surface area (Å²) in [7, 11) is 0. The Bertz CT molecular complexity index is 1400. The Morgan fingerprint density at radius 2 is 0.711 bits per heavy atom. The van der Waals surface area contributed by atoms with E-state index in [2.05, 4.69) is 45.3 Å². The molecule has 6 rings (SSSR count). The summed E-state index contributed by atoms with van der Waals surface area (Å²) in [6, 6.07) is 32.3. The number of carbonyl (C=O) groups is 2. The lowest BCUT2D eigenvalue weighted by molar-refractivity contribution is -0.123. The van der Waals surface area contributed by atoms with Crippen LogP contribution in [-0.2, 0) is 9.59 Å². The van der Waals surface area contributed by atoms with Crippen LogP contribution in [0.4, 0.5) is 0 Å². The van der Waals surface area contributed by atoms with Gasteiger partial charge in [-0.2, -0.15) is 10.2 Å². The number of fused-ring (bicyclic) bond motifs is 6. The van der Waals surface area contributed by atoms with Crippen LogP contribution in [0, 0.1) is 0 Å². The van der Waals surface area contributed by atoms with Crippen molar-refractivity contribution in [2.75, 3.05) is 0 Å². The lowest BCUT2D eigenvalue weighted by Gasteiger charge is -2.05. The van der Waals surface area contributed by atoms with E-state index in [1.807, 2.05) is 72.8 Å². The third-order valence-electron chi connectivity index (χ3n) is 6.95. The van der Waals surface area contributed by atoms with Gasteiger partial charge >= 0.3 is 0 Å². The predicted molar refractivity (Wildman–Crippen MR) is 150 cm³/mol. The van der Waals surface area contributed by atoms with Gasteiger partial charge in [0.25, 0.3) is 0 Å². The minimum atomic E-state index is -0.167. The van der Waals surface area contributed by atoms with Crippen molar-refractivity contribution in [1.82, 2.24) is 10.9 Å². The van der Waals surface area contributed by atoms with Crippen molar-refractivity contribution >= 4 is 23.2 Å². The second kappa shape index (κ2) is 10.3. The zero-order chi connectivity index (χ0) is 25.9. The van der Waals surface area contributed by atoms with Gasteiger partial charge < -0.3 is 0 Å². The van der Waals surface area contributed by atoms with Gasteiger partial charge in [-0.3, -0.25) is 9.59 Å². The van der Waals surface area contributed by atoms with Gasteiger partial charge in [0, 0.05) is 35.1 Å². The average molecular weight is 499 g/mol. The van der Waals surface area contributed by atoms with E-state index in [0.29, 0.717) is 25.7 Å². The molecule has 6 nitrogen and oxygen atoms in total. The highest BCUT2D eigenvalue weighted by molar-refractivity contribution is 6.25. The Morgan fingerprint density at radius 3 is 1.00 bits per heavy atom. The van der Waals surface area contributed by atoms with Gasteiger partial charge in [-0.25, -0.2) is 10.9 Å². The largest absolute Gasteiger partial charge is 0.273 e. The number of hydrogen-bond donors (Lipinski definition) is 2. The molecule has 0 aromatic heterocycles. The second-order valence-corrected chi connectivity index (χ2v) is 9.38. The zero-order valence-corrected chi connectivity index (χ0v) is 20.8. The maximum absolute atomic E-state index is 12.5. The van der Waals surface area contributed by atoms with Crippen LogP contribution in [0.15, 0.2) is 107 Å². The highest BCUT2D eigenvalue weighted by atomic mass is 16.2. The number of amides is 2. The fourth-order valence-electron chi connectivity index (χ4n) is 5.15. The van der Waals surface area contributed by atoms with Crippen molar-refractivity contribution in [3.8, 4) is 22.3 Å². The molecule has 186 valence electrons. The summed E-state index contributed by atoms with van der Waals surface area (Å²) in [4.78, 5) is 24.9. The van der Waals surface area contributed by atoms with E-state index >= 15 is 0 Å². The van der Waals surface area contributed by atoms with Gasteiger partial charge in [0.15, 0.2) is 0 Å². The van der Waals surface area contributed by atoms with E-state index in [1.165, 1.54) is 0 Å². The van der Waals surface area contributed by atoms with Crippen molar-refractivity contribution in [3.05, 3.63) is 119 Å². The van der Waals surface area contributed by atoms with Crippen molar-refractivity contribution in [3.63, 3.8) is 0 Å². The molecule has 0 spiro atoms. The molecule has 0 heterocycles. The van der Waals surface area contributed by atoms with Crippen molar-refractivity contribution in [2.24, 2.45) is 10.2 Å². The van der Waals surface area contributed by atoms with Crippen LogP contribution in [0.1, 0.15) is 47.9 Å². The molecule has 0 aliphatic heterocycles. The molecule has 0 saturated heterocycles. The monoisotopic (exact) mass is 498 g/mol. The molecular weight excluding hydrogens is 472 g/mol. The third-order valence-corrected chi connectivity index (χ3v) is 6.95. The molecule has 0 bridgehead atoms. The predicted octanol–water partition coefficient (Wildman–Crippen LogP) is 5.65. The molecular formula is C32H26N4O2. The molecule has 2 aliphatic carbocycles. The second-order valence-electron chi connectivity index (χ2n) is 9.38. The van der Waals surface area contributed by atoms with Gasteiger partial charge in [-0.15, -0.1) is 0 Å². The average Bonchev–Trinajstić information content (AvgIpc) is 3.46. The highest BCUT2D eigenvalue weighted by Crippen LogP contribution is 2.37. The third kappa shape index (κ3) is 4.41. The molecule has 0 fully saturated rings. The molecule has 0 atom stereocenters. The molecule has 0 saturated carbocycles. The molecule has 4 aromatic rings. The number of hydrogen-bond acceptors (Lipinski definition) is 4. The maximum Gasteiger partial charge on any atom is 0.240 e. The molecule has 38 heavy (non-hydrogen) atoms. The molecule has 2 amide bonds. The minimum Gasteiger partial charge on any atom is -0.273 e. The van der Waals surface area contributed by atoms with Crippen LogP contribution in [0.5, 0.6) is 0 Å². The maximum atomic E-state index is 12.5. The van der Waals surface area contributed by atoms with E-state index in [9.17, 15) is 9.59 Å². The first kappa shape index (κ1) is 23.6. The Kier molecular flexibility index (Phi) is 6.36. The van der Waals surface area contributed by atoms with Crippen molar-refractivity contribution < 1.29 is 9.59 Å². The lowest BCUT2D eigenvalue weighted by atomic mass is 10.1. The number of rotatable bonds is 7. The van der Waals surface area contributed by atoms with Crippen LogP contribution in [0.3, 0.4) is 0 Å². The first-order valence-corrected chi connectivity index (χ1v) is 12.8. The molecule has 4 aromatic carbocycles. The summed E-state index contributed by atoms with van der Waals surface area (Å²) >= 11 is 0. The van der Waals surface area contributed by atoms with E-state index < -0.39 is 0 Å². The number of carbonyl (C=O) groups excluding carboxylic acids is 2. The summed E-state index contributed by atoms with van der Waals surface area (Å²) < 4.78 is 0. The van der Waals surface area contributed by atoms with Gasteiger partial charge in [-0.05, 0) is 35.1 Å². The topological polar surface area (TPSA) is 82.9 Å². The summed E-state index contributed by atoms with van der Waals surface area (Å²) in [5.74, 6) is -0.335. The Morgan fingerprint density at radius 1 is 0.447 bits per heavy atom. The van der Waals surface area contributed by atoms with Gasteiger partial charge in [-0.1, -0.05) is 97.1 Å². The summed E-state index contributed by atoms with van der Waals surface area (Å²) in [6.07, 6.45) is 1.75. The van der Waals surface area contributed by atoms with Gasteiger partial charge in [0.05, 0.1) is 11.4 Å². The molecule has 0 radical (unpaired) electrons. The van der Waals surface area contributed by atoms with Crippen LogP contribution in [-0.4, -0.2) is 23.2 Å². The smallest absolute Gasteiger partial charge is 0.240 e. The molecule has 2 aliphatic rings. The van der Waals surface area contributed by atoms with E-state index in [0.717, 1.165) is 55.9 Å². The lowest BCUT2D eigenvalue weighted by Crippen LogP contribution is -2.21. The number of benzene rings is 4. The van der Waals surface area contributed by atoms with E-state index in [4.69, 9.17) is 0 Å². The zero-order valence-electron chi connectivity index (χ0n) is 20.8. The summed E-state index contributed by atoms with van der Waals surface area (Å²) in [6.45, 7) is 0. The first-order chi connectivity index (χ1) is 18.7. The number of unbranched alkanes of at least 4 members (excludes halogenated alkanes) is 1. The van der Waals surface area contributed by atoms with E-state index in [-0.39, 0.29) is 11.8 Å². The number of hydrazone groups is 2. The molecule has 6 heteroatoms. The molecule has 2 N–H and O–H groups in total. The van der Waals surface area contributed by atoms with Crippen LogP contribution >= 0.6 is 0 Å². The fraction of sp³-hybridized carbons (Fsp3) is 0.125. The fourth-order valence-corrected chi connectivity index (χ4v) is 5.15. The van der Waals surface area contributed by atoms with E-state index in [1.54, 1.807) is 0 Å². The summed E-state index contributed by atoms with van der Waals surface area (Å²) in [5, 5.41) is 8.90. The van der Waals surface area contributed by atoms with Gasteiger partial charge in [0.2, 0.25) is 11.8 Å². The Labute approximate surface area is 221 Å². The highest BCUT2D eigenvalue weighted by Gasteiger charge is 2.25. The van der Waals surface area contributed by atoms with Crippen molar-refractivity contribution in [2.45, 2.75) is 25.7 Å². The quantitative estimate of drug-likeness (QED) is 0.220. The van der Waals surface area contributed by atoms with Crippen LogP contribution in [0.25, 0.3) is 22.3 Å². The van der Waals surface area contributed by atoms with Gasteiger partial charge in [0.1, 0.15) is 0 Å². The van der Waals surface area contributed by atoms with Crippen LogP contribution in [0.2, 0.25) is 0 Å². The Hall–Kier alpha value is -4.84. The molecule has 0 unspecified atom stereocenters. The van der Waals surface area contributed by atoms with Crippen molar-refractivity contribution in [1.29, 1.82) is 0 Å². The Balaban J connectivity index is 1.01. The number of nitrogens with zero attached hydrogens (tertiary/aromatic N) is 2. The first-order valence-electron chi connectivity index (χ1n) is 12.8. The summed E-state index contributed by atoms with van der Waals surface area (Å²) in [5.41, 5.74) is 15.5. The minimum absolute atomic E-state index is 0.167. The van der Waals surface area contributed by atoms with Crippen LogP contribution < -0.4 is 10.9 Å². The normalized spacial score (nSPS) is 12.2. The SMILES string of the molecule is O=C(CCCCC(=O)NN=C1c2ccccc2-c2ccccc21)NN=C1c2ccccc2-c2ccccc21.